The topological polar surface area (TPSA) is 70.4 Å². The molecule has 2 aromatic carbocycles. The highest BCUT2D eigenvalue weighted by Crippen LogP contribution is 2.22. The van der Waals surface area contributed by atoms with Crippen molar-refractivity contribution in [3.63, 3.8) is 0 Å². The Labute approximate surface area is 163 Å². The lowest BCUT2D eigenvalue weighted by atomic mass is 10.2. The number of rotatable bonds is 5. The summed E-state index contributed by atoms with van der Waals surface area (Å²) in [5, 5.41) is 4.23. The molecule has 0 N–H and O–H groups in total. The predicted octanol–water partition coefficient (Wildman–Crippen LogP) is 3.87. The number of ether oxygens (including phenoxy) is 2. The van der Waals surface area contributed by atoms with Crippen LogP contribution in [0.15, 0.2) is 60.7 Å². The van der Waals surface area contributed by atoms with Gasteiger partial charge in [0.2, 0.25) is 5.88 Å². The number of carbonyl (C=O) groups is 2. The van der Waals surface area contributed by atoms with Crippen LogP contribution in [0.3, 0.4) is 0 Å². The number of carbonyl (C=O) groups excluding carboxylic acids is 2. The fourth-order valence-corrected chi connectivity index (χ4v) is 2.88. The fourth-order valence-electron chi connectivity index (χ4n) is 2.27. The van der Waals surface area contributed by atoms with Crippen molar-refractivity contribution in [2.75, 3.05) is 6.61 Å². The number of benzene rings is 2. The van der Waals surface area contributed by atoms with E-state index < -0.39 is 11.9 Å². The SMILES string of the molecule is CCOC(=O)c1cc(OC(=O)c2ccccc2I)n(-c2ccccc2)n1. The molecule has 0 aliphatic rings. The molecule has 0 spiro atoms. The van der Waals surface area contributed by atoms with E-state index in [2.05, 4.69) is 27.7 Å². The van der Waals surface area contributed by atoms with Gasteiger partial charge < -0.3 is 9.47 Å². The number of esters is 2. The maximum absolute atomic E-state index is 12.5. The first-order chi connectivity index (χ1) is 12.6. The molecule has 0 unspecified atom stereocenters. The van der Waals surface area contributed by atoms with Gasteiger partial charge in [0.15, 0.2) is 5.69 Å². The summed E-state index contributed by atoms with van der Waals surface area (Å²) in [6.45, 7) is 1.94. The third-order valence-electron chi connectivity index (χ3n) is 3.45. The molecular formula is C19H15IN2O4. The van der Waals surface area contributed by atoms with Crippen molar-refractivity contribution in [3.8, 4) is 11.6 Å². The zero-order chi connectivity index (χ0) is 18.5. The van der Waals surface area contributed by atoms with Crippen LogP contribution < -0.4 is 4.74 Å². The molecule has 6 nitrogen and oxygen atoms in total. The Morgan fingerprint density at radius 1 is 1.04 bits per heavy atom. The third kappa shape index (κ3) is 3.93. The first-order valence-corrected chi connectivity index (χ1v) is 8.97. The normalized spacial score (nSPS) is 10.4. The van der Waals surface area contributed by atoms with Crippen LogP contribution in [0.2, 0.25) is 0 Å². The van der Waals surface area contributed by atoms with Gasteiger partial charge in [-0.3, -0.25) is 0 Å². The Morgan fingerprint density at radius 2 is 1.73 bits per heavy atom. The molecule has 0 amide bonds. The lowest BCUT2D eigenvalue weighted by Crippen LogP contribution is -2.13. The van der Waals surface area contributed by atoms with Crippen LogP contribution in [-0.2, 0) is 4.74 Å². The Kier molecular flexibility index (Phi) is 5.67. The zero-order valence-corrected chi connectivity index (χ0v) is 16.0. The van der Waals surface area contributed by atoms with Crippen LogP contribution >= 0.6 is 22.6 Å². The van der Waals surface area contributed by atoms with Gasteiger partial charge in [0, 0.05) is 9.64 Å². The van der Waals surface area contributed by atoms with Crippen molar-refractivity contribution in [1.29, 1.82) is 0 Å². The van der Waals surface area contributed by atoms with Gasteiger partial charge in [-0.25, -0.2) is 9.59 Å². The van der Waals surface area contributed by atoms with Crippen molar-refractivity contribution >= 4 is 34.5 Å². The third-order valence-corrected chi connectivity index (χ3v) is 4.39. The molecule has 1 aromatic heterocycles. The van der Waals surface area contributed by atoms with E-state index in [1.165, 1.54) is 10.7 Å². The lowest BCUT2D eigenvalue weighted by Gasteiger charge is -2.08. The molecule has 3 rings (SSSR count). The number of para-hydroxylation sites is 1. The molecule has 0 saturated carbocycles. The summed E-state index contributed by atoms with van der Waals surface area (Å²) in [6, 6.07) is 17.6. The van der Waals surface area contributed by atoms with E-state index in [0.717, 1.165) is 3.57 Å². The molecule has 0 fully saturated rings. The molecule has 0 radical (unpaired) electrons. The van der Waals surface area contributed by atoms with Crippen molar-refractivity contribution < 1.29 is 19.1 Å². The Morgan fingerprint density at radius 3 is 2.42 bits per heavy atom. The summed E-state index contributed by atoms with van der Waals surface area (Å²) in [5.74, 6) is -0.958. The Hall–Kier alpha value is -2.68. The molecule has 0 saturated heterocycles. The van der Waals surface area contributed by atoms with E-state index in [0.29, 0.717) is 11.3 Å². The van der Waals surface area contributed by atoms with Gasteiger partial charge in [-0.15, -0.1) is 0 Å². The van der Waals surface area contributed by atoms with Crippen molar-refractivity contribution in [2.45, 2.75) is 6.92 Å². The molecule has 3 aromatic rings. The van der Waals surface area contributed by atoms with Crippen molar-refractivity contribution in [2.24, 2.45) is 0 Å². The maximum atomic E-state index is 12.5. The Bertz CT molecular complexity index is 938. The minimum atomic E-state index is -0.575. The first kappa shape index (κ1) is 18.1. The quantitative estimate of drug-likeness (QED) is 0.426. The Balaban J connectivity index is 1.98. The van der Waals surface area contributed by atoms with Gasteiger partial charge >= 0.3 is 11.9 Å². The van der Waals surface area contributed by atoms with Gasteiger partial charge in [0.05, 0.1) is 17.9 Å². The van der Waals surface area contributed by atoms with Gasteiger partial charge in [-0.2, -0.15) is 9.78 Å². The second kappa shape index (κ2) is 8.13. The molecule has 0 aliphatic heterocycles. The van der Waals surface area contributed by atoms with Crippen molar-refractivity contribution in [1.82, 2.24) is 9.78 Å². The number of hydrogen-bond acceptors (Lipinski definition) is 5. The standard InChI is InChI=1S/C19H15IN2O4/c1-2-25-19(24)16-12-17(22(21-16)13-8-4-3-5-9-13)26-18(23)14-10-6-7-11-15(14)20/h3-12H,2H2,1H3. The summed E-state index contributed by atoms with van der Waals surface area (Å²) in [4.78, 5) is 24.6. The highest BCUT2D eigenvalue weighted by Gasteiger charge is 2.21. The highest BCUT2D eigenvalue weighted by molar-refractivity contribution is 14.1. The molecule has 0 bridgehead atoms. The predicted molar refractivity (Wildman–Crippen MR) is 104 cm³/mol. The van der Waals surface area contributed by atoms with Gasteiger partial charge in [0.1, 0.15) is 0 Å². The van der Waals surface area contributed by atoms with Crippen LogP contribution in [0.5, 0.6) is 5.88 Å². The number of halogens is 1. The minimum Gasteiger partial charge on any atom is -0.461 e. The number of nitrogens with zero attached hydrogens (tertiary/aromatic N) is 2. The summed E-state index contributed by atoms with van der Waals surface area (Å²) in [5.41, 5.74) is 1.17. The van der Waals surface area contributed by atoms with E-state index in [1.807, 2.05) is 30.3 Å². The first-order valence-electron chi connectivity index (χ1n) is 7.89. The van der Waals surface area contributed by atoms with E-state index >= 15 is 0 Å². The fraction of sp³-hybridized carbons (Fsp3) is 0.105. The van der Waals surface area contributed by atoms with Crippen molar-refractivity contribution in [3.05, 3.63) is 75.5 Å². The number of aromatic nitrogens is 2. The smallest absolute Gasteiger partial charge is 0.358 e. The van der Waals surface area contributed by atoms with Crippen LogP contribution in [0.1, 0.15) is 27.8 Å². The average Bonchev–Trinajstić information content (AvgIpc) is 3.07. The summed E-state index contributed by atoms with van der Waals surface area (Å²) < 4.78 is 12.7. The summed E-state index contributed by atoms with van der Waals surface area (Å²) in [6.07, 6.45) is 0. The zero-order valence-electron chi connectivity index (χ0n) is 13.9. The molecule has 0 atom stereocenters. The highest BCUT2D eigenvalue weighted by atomic mass is 127. The average molecular weight is 462 g/mol. The molecule has 1 heterocycles. The summed E-state index contributed by atoms with van der Waals surface area (Å²) in [7, 11) is 0. The number of hydrogen-bond donors (Lipinski definition) is 0. The lowest BCUT2D eigenvalue weighted by molar-refractivity contribution is 0.0518. The maximum Gasteiger partial charge on any atom is 0.358 e. The van der Waals surface area contributed by atoms with Gasteiger partial charge in [-0.1, -0.05) is 30.3 Å². The second-order valence-corrected chi connectivity index (χ2v) is 6.37. The molecule has 0 aliphatic carbocycles. The van der Waals surface area contributed by atoms with E-state index in [1.54, 1.807) is 31.2 Å². The molecular weight excluding hydrogens is 447 g/mol. The molecule has 132 valence electrons. The van der Waals surface area contributed by atoms with Gasteiger partial charge in [-0.05, 0) is 53.8 Å². The second-order valence-electron chi connectivity index (χ2n) is 5.21. The molecule has 7 heteroatoms. The minimum absolute atomic E-state index is 0.0706. The van der Waals surface area contributed by atoms with Crippen LogP contribution in [0.25, 0.3) is 5.69 Å². The van der Waals surface area contributed by atoms with E-state index in [4.69, 9.17) is 9.47 Å². The van der Waals surface area contributed by atoms with Crippen LogP contribution in [0.4, 0.5) is 0 Å². The van der Waals surface area contributed by atoms with E-state index in [-0.39, 0.29) is 18.2 Å². The summed E-state index contributed by atoms with van der Waals surface area (Å²) >= 11 is 2.07. The van der Waals surface area contributed by atoms with Crippen LogP contribution in [-0.4, -0.2) is 28.3 Å². The monoisotopic (exact) mass is 462 g/mol. The van der Waals surface area contributed by atoms with E-state index in [9.17, 15) is 9.59 Å². The molecule has 26 heavy (non-hydrogen) atoms. The largest absolute Gasteiger partial charge is 0.461 e. The van der Waals surface area contributed by atoms with Crippen LogP contribution in [0, 0.1) is 3.57 Å². The van der Waals surface area contributed by atoms with Gasteiger partial charge in [0.25, 0.3) is 0 Å².